The van der Waals surface area contributed by atoms with Crippen molar-refractivity contribution in [3.05, 3.63) is 158 Å². The third kappa shape index (κ3) is 63.7. The first-order valence-electron chi connectivity index (χ1n) is 32.0. The second-order valence-electron chi connectivity index (χ2n) is 20.5. The van der Waals surface area contributed by atoms with Crippen molar-refractivity contribution in [3.8, 4) is 0 Å². The molecule has 444 valence electrons. The smallest absolute Gasteiger partial charge is 0.306 e. The summed E-state index contributed by atoms with van der Waals surface area (Å²) in [6.07, 6.45) is 95.6. The summed E-state index contributed by atoms with van der Waals surface area (Å²) in [5.41, 5.74) is 0. The van der Waals surface area contributed by atoms with Gasteiger partial charge in [0.25, 0.3) is 0 Å². The lowest BCUT2D eigenvalue weighted by Gasteiger charge is -2.18. The minimum Gasteiger partial charge on any atom is -0.462 e. The maximum atomic E-state index is 12.9. The summed E-state index contributed by atoms with van der Waals surface area (Å²) in [6.45, 7) is 6.29. The highest BCUT2D eigenvalue weighted by atomic mass is 16.6. The van der Waals surface area contributed by atoms with E-state index in [0.29, 0.717) is 19.3 Å². The number of allylic oxidation sites excluding steroid dienone is 26. The molecule has 0 fully saturated rings. The lowest BCUT2D eigenvalue weighted by atomic mass is 10.0. The van der Waals surface area contributed by atoms with Crippen LogP contribution in [0.5, 0.6) is 0 Å². The molecule has 0 aromatic carbocycles. The molecule has 0 saturated heterocycles. The Kier molecular flexibility index (Phi) is 61.4. The Hall–Kier alpha value is -4.97. The zero-order valence-corrected chi connectivity index (χ0v) is 50.8. The number of carbonyl (C=O) groups excluding carboxylic acids is 3. The minimum atomic E-state index is -0.851. The zero-order chi connectivity index (χ0) is 57.1. The van der Waals surface area contributed by atoms with Crippen LogP contribution in [0.15, 0.2) is 158 Å². The van der Waals surface area contributed by atoms with Gasteiger partial charge in [0.2, 0.25) is 0 Å². The Morgan fingerprint density at radius 1 is 0.266 bits per heavy atom. The van der Waals surface area contributed by atoms with Crippen LogP contribution in [-0.2, 0) is 28.6 Å². The average molecular weight is 1090 g/mol. The predicted molar refractivity (Wildman–Crippen MR) is 343 cm³/mol. The van der Waals surface area contributed by atoms with E-state index in [2.05, 4.69) is 167 Å². The normalized spacial score (nSPS) is 13.2. The predicted octanol–water partition coefficient (Wildman–Crippen LogP) is 22.1. The highest BCUT2D eigenvalue weighted by Gasteiger charge is 2.19. The van der Waals surface area contributed by atoms with Gasteiger partial charge >= 0.3 is 17.9 Å². The molecule has 0 bridgehead atoms. The fourth-order valence-electron chi connectivity index (χ4n) is 8.30. The molecule has 6 nitrogen and oxygen atoms in total. The quantitative estimate of drug-likeness (QED) is 0.0261. The second kappa shape index (κ2) is 65.5. The first-order chi connectivity index (χ1) is 39.0. The van der Waals surface area contributed by atoms with Crippen LogP contribution in [0.3, 0.4) is 0 Å². The van der Waals surface area contributed by atoms with Crippen LogP contribution in [0, 0.1) is 0 Å². The molecule has 0 spiro atoms. The lowest BCUT2D eigenvalue weighted by Crippen LogP contribution is -2.30. The summed E-state index contributed by atoms with van der Waals surface area (Å²) in [4.78, 5) is 38.3. The summed E-state index contributed by atoms with van der Waals surface area (Å²) in [5.74, 6) is -1.08. The van der Waals surface area contributed by atoms with Crippen molar-refractivity contribution in [2.45, 2.75) is 271 Å². The highest BCUT2D eigenvalue weighted by molar-refractivity contribution is 5.71. The second-order valence-corrected chi connectivity index (χ2v) is 20.5. The van der Waals surface area contributed by atoms with Crippen LogP contribution in [0.1, 0.15) is 265 Å². The largest absolute Gasteiger partial charge is 0.462 e. The van der Waals surface area contributed by atoms with Gasteiger partial charge in [-0.2, -0.15) is 0 Å². The number of unbranched alkanes of at least 4 members (excludes halogenated alkanes) is 19. The lowest BCUT2D eigenvalue weighted by molar-refractivity contribution is -0.166. The summed E-state index contributed by atoms with van der Waals surface area (Å²) in [5, 5.41) is 0. The van der Waals surface area contributed by atoms with Crippen molar-refractivity contribution in [2.24, 2.45) is 0 Å². The fourth-order valence-corrected chi connectivity index (χ4v) is 8.30. The van der Waals surface area contributed by atoms with Gasteiger partial charge < -0.3 is 14.2 Å². The molecular formula is C73H116O6. The van der Waals surface area contributed by atoms with Crippen LogP contribution in [0.4, 0.5) is 0 Å². The minimum absolute atomic E-state index is 0.132. The van der Waals surface area contributed by atoms with Gasteiger partial charge in [0.15, 0.2) is 6.10 Å². The van der Waals surface area contributed by atoms with Crippen molar-refractivity contribution in [1.82, 2.24) is 0 Å². The van der Waals surface area contributed by atoms with Crippen molar-refractivity contribution < 1.29 is 28.6 Å². The third-order valence-corrected chi connectivity index (χ3v) is 13.0. The molecule has 0 aromatic heterocycles. The Morgan fingerprint density at radius 3 is 0.873 bits per heavy atom. The van der Waals surface area contributed by atoms with Crippen molar-refractivity contribution >= 4 is 17.9 Å². The van der Waals surface area contributed by atoms with Gasteiger partial charge in [-0.25, -0.2) is 0 Å². The first-order valence-corrected chi connectivity index (χ1v) is 32.0. The fraction of sp³-hybridized carbons (Fsp3) is 0.603. The van der Waals surface area contributed by atoms with Crippen molar-refractivity contribution in [3.63, 3.8) is 0 Å². The maximum absolute atomic E-state index is 12.9. The molecule has 1 unspecified atom stereocenters. The average Bonchev–Trinajstić information content (AvgIpc) is 3.45. The summed E-state index contributed by atoms with van der Waals surface area (Å²) in [7, 11) is 0. The summed E-state index contributed by atoms with van der Waals surface area (Å²) in [6, 6.07) is 0. The Labute approximate surface area is 486 Å². The molecular weight excluding hydrogens is 973 g/mol. The molecule has 0 amide bonds. The molecule has 6 heteroatoms. The Morgan fingerprint density at radius 2 is 0.532 bits per heavy atom. The molecule has 1 atom stereocenters. The SMILES string of the molecule is CC/C=C\C/C=C\C/C=C\C/C=C\C/C=C\C/C=C\CCC(=O)OC(COC(=O)CCC/C=C\C/C=C\C/C=C\C/C=C\C/C=C\CC)COC(=O)CCCCCCCCCCCCCCC/C=C\C/C=C\CCCCCCC. The maximum Gasteiger partial charge on any atom is 0.306 e. The zero-order valence-electron chi connectivity index (χ0n) is 50.8. The molecule has 0 radical (unpaired) electrons. The van der Waals surface area contributed by atoms with Gasteiger partial charge in [0.1, 0.15) is 13.2 Å². The van der Waals surface area contributed by atoms with Gasteiger partial charge in [0.05, 0.1) is 0 Å². The molecule has 79 heavy (non-hydrogen) atoms. The number of carbonyl (C=O) groups is 3. The number of hydrogen-bond acceptors (Lipinski definition) is 6. The van der Waals surface area contributed by atoms with E-state index in [4.69, 9.17) is 14.2 Å². The van der Waals surface area contributed by atoms with E-state index in [0.717, 1.165) is 103 Å². The van der Waals surface area contributed by atoms with Crippen LogP contribution < -0.4 is 0 Å². The summed E-state index contributed by atoms with van der Waals surface area (Å²) >= 11 is 0. The Balaban J connectivity index is 4.52. The molecule has 0 aliphatic rings. The number of rotatable bonds is 56. The van der Waals surface area contributed by atoms with Gasteiger partial charge in [-0.1, -0.05) is 275 Å². The van der Waals surface area contributed by atoms with Crippen LogP contribution >= 0.6 is 0 Å². The van der Waals surface area contributed by atoms with E-state index in [9.17, 15) is 14.4 Å². The van der Waals surface area contributed by atoms with E-state index in [1.54, 1.807) is 0 Å². The van der Waals surface area contributed by atoms with Crippen LogP contribution in [0.2, 0.25) is 0 Å². The monoisotopic (exact) mass is 1090 g/mol. The van der Waals surface area contributed by atoms with Gasteiger partial charge in [-0.3, -0.25) is 14.4 Å². The van der Waals surface area contributed by atoms with Gasteiger partial charge in [-0.05, 0) is 128 Å². The van der Waals surface area contributed by atoms with E-state index in [1.807, 2.05) is 12.2 Å². The highest BCUT2D eigenvalue weighted by Crippen LogP contribution is 2.15. The third-order valence-electron chi connectivity index (χ3n) is 13.0. The van der Waals surface area contributed by atoms with E-state index >= 15 is 0 Å². The molecule has 0 aromatic rings. The number of hydrogen-bond donors (Lipinski definition) is 0. The van der Waals surface area contributed by atoms with Gasteiger partial charge in [0, 0.05) is 19.3 Å². The molecule has 0 heterocycles. The van der Waals surface area contributed by atoms with Crippen molar-refractivity contribution in [2.75, 3.05) is 13.2 Å². The molecule has 0 aliphatic heterocycles. The first kappa shape index (κ1) is 74.0. The van der Waals surface area contributed by atoms with Crippen molar-refractivity contribution in [1.29, 1.82) is 0 Å². The van der Waals surface area contributed by atoms with E-state index in [1.165, 1.54) is 109 Å². The standard InChI is InChI=1S/C73H116O6/c1-4-7-10-13-16-19-22-25-28-31-33-34-35-36-37-38-40-42-45-48-51-54-57-60-63-66-72(75)78-69-70(68-77-71(74)65-62-59-56-53-50-47-44-41-30-27-24-21-18-15-12-9-6-3)79-73(76)67-64-61-58-55-52-49-46-43-39-32-29-26-23-20-17-14-11-8-5-2/h8-9,11-12,17-18,20-22,25-27,29-31,33,39,43-44,47,49,52-53,56,58,61,70H,4-7,10,13-16,19,23-24,28,32,34-38,40-42,45-46,48,50-51,54-55,57,59-60,62-69H2,1-3H3/b11-8-,12-9-,20-17-,21-18-,25-22-,29-26-,30-27-,33-31-,43-39-,47-44-,52-49-,56-53-,61-58-. The molecule has 0 saturated carbocycles. The molecule has 0 rings (SSSR count). The molecule has 0 N–H and O–H groups in total. The van der Waals surface area contributed by atoms with Gasteiger partial charge in [-0.15, -0.1) is 0 Å². The molecule has 0 aliphatic carbocycles. The van der Waals surface area contributed by atoms with Crippen LogP contribution in [-0.4, -0.2) is 37.2 Å². The van der Waals surface area contributed by atoms with Crippen LogP contribution in [0.25, 0.3) is 0 Å². The number of ether oxygens (including phenoxy) is 3. The van der Waals surface area contributed by atoms with E-state index < -0.39 is 12.1 Å². The van der Waals surface area contributed by atoms with E-state index in [-0.39, 0.29) is 38.0 Å². The Bertz CT molecular complexity index is 1780. The number of esters is 3. The topological polar surface area (TPSA) is 78.9 Å². The summed E-state index contributed by atoms with van der Waals surface area (Å²) < 4.78 is 16.8.